The monoisotopic (exact) mass is 399 g/mol. The first-order valence-corrected chi connectivity index (χ1v) is 10.6. The number of benzene rings is 1. The lowest BCUT2D eigenvalue weighted by molar-refractivity contribution is 0.122. The van der Waals surface area contributed by atoms with Crippen LogP contribution in [0.4, 0.5) is 5.82 Å². The number of morpholine rings is 1. The van der Waals surface area contributed by atoms with Crippen molar-refractivity contribution < 1.29 is 13.2 Å². The average molecular weight is 399 g/mol. The highest BCUT2D eigenvalue weighted by atomic mass is 32.2. The van der Waals surface area contributed by atoms with Gasteiger partial charge in [0.2, 0.25) is 10.0 Å². The fourth-order valence-corrected chi connectivity index (χ4v) is 5.06. The molecule has 28 heavy (non-hydrogen) atoms. The van der Waals surface area contributed by atoms with Gasteiger partial charge in [0.15, 0.2) is 0 Å². The molecule has 2 aliphatic heterocycles. The van der Waals surface area contributed by atoms with E-state index < -0.39 is 10.0 Å². The first kappa shape index (κ1) is 18.8. The van der Waals surface area contributed by atoms with Crippen LogP contribution in [-0.4, -0.2) is 55.5 Å². The summed E-state index contributed by atoms with van der Waals surface area (Å²) in [7, 11) is -3.71. The van der Waals surface area contributed by atoms with Gasteiger partial charge in [-0.2, -0.15) is 9.57 Å². The zero-order valence-electron chi connectivity index (χ0n) is 15.6. The molecule has 146 valence electrons. The molecule has 8 nitrogen and oxygen atoms in total. The predicted molar refractivity (Wildman–Crippen MR) is 102 cm³/mol. The topological polar surface area (TPSA) is 99.4 Å². The first-order valence-electron chi connectivity index (χ1n) is 9.18. The lowest BCUT2D eigenvalue weighted by Crippen LogP contribution is -2.41. The fraction of sp³-hybridized carbons (Fsp3) is 0.421. The second kappa shape index (κ2) is 7.47. The molecular formula is C19H21N5O3S. The minimum absolute atomic E-state index is 0.135. The van der Waals surface area contributed by atoms with Crippen LogP contribution in [0, 0.1) is 18.3 Å². The van der Waals surface area contributed by atoms with Gasteiger partial charge in [0.1, 0.15) is 11.6 Å². The third-order valence-corrected chi connectivity index (χ3v) is 6.87. The molecule has 0 radical (unpaired) electrons. The van der Waals surface area contributed by atoms with Gasteiger partial charge in [0.25, 0.3) is 0 Å². The summed E-state index contributed by atoms with van der Waals surface area (Å²) in [4.78, 5) is 11.5. The van der Waals surface area contributed by atoms with E-state index in [1.54, 1.807) is 12.1 Å². The van der Waals surface area contributed by atoms with Gasteiger partial charge >= 0.3 is 0 Å². The van der Waals surface area contributed by atoms with E-state index in [1.165, 1.54) is 16.4 Å². The van der Waals surface area contributed by atoms with Crippen molar-refractivity contribution in [1.82, 2.24) is 14.3 Å². The molecule has 0 bridgehead atoms. The predicted octanol–water partition coefficient (Wildman–Crippen LogP) is 1.24. The number of hydrogen-bond acceptors (Lipinski definition) is 7. The van der Waals surface area contributed by atoms with Gasteiger partial charge in [-0.3, -0.25) is 0 Å². The van der Waals surface area contributed by atoms with Gasteiger partial charge in [-0.1, -0.05) is 6.07 Å². The Hall–Kier alpha value is -2.54. The van der Waals surface area contributed by atoms with E-state index >= 15 is 0 Å². The number of sulfonamides is 1. The second-order valence-electron chi connectivity index (χ2n) is 6.85. The zero-order chi connectivity index (χ0) is 19.7. The molecule has 0 atom stereocenters. The minimum atomic E-state index is -3.71. The van der Waals surface area contributed by atoms with E-state index in [4.69, 9.17) is 10.00 Å². The zero-order valence-corrected chi connectivity index (χ0v) is 16.4. The molecule has 0 aliphatic carbocycles. The SMILES string of the molecule is Cc1nc2c(c(N3CCOCC3)n1)CN(S(=O)(=O)c1cccc(C#N)c1)CC2. The largest absolute Gasteiger partial charge is 0.378 e. The minimum Gasteiger partial charge on any atom is -0.378 e. The Balaban J connectivity index is 1.70. The lowest BCUT2D eigenvalue weighted by atomic mass is 10.1. The molecule has 3 heterocycles. The van der Waals surface area contributed by atoms with Crippen LogP contribution in [0.25, 0.3) is 0 Å². The van der Waals surface area contributed by atoms with Crippen LogP contribution in [-0.2, 0) is 27.7 Å². The van der Waals surface area contributed by atoms with E-state index in [-0.39, 0.29) is 11.4 Å². The van der Waals surface area contributed by atoms with Crippen molar-refractivity contribution in [1.29, 1.82) is 5.26 Å². The van der Waals surface area contributed by atoms with E-state index in [2.05, 4.69) is 14.9 Å². The van der Waals surface area contributed by atoms with E-state index in [1.807, 2.05) is 13.0 Å². The molecular weight excluding hydrogens is 378 g/mol. The summed E-state index contributed by atoms with van der Waals surface area (Å²) >= 11 is 0. The molecule has 2 aromatic rings. The van der Waals surface area contributed by atoms with E-state index in [0.717, 1.165) is 30.2 Å². The molecule has 4 rings (SSSR count). The Labute approximate surface area is 164 Å². The second-order valence-corrected chi connectivity index (χ2v) is 8.79. The van der Waals surface area contributed by atoms with Gasteiger partial charge in [-0.05, 0) is 25.1 Å². The van der Waals surface area contributed by atoms with E-state index in [0.29, 0.717) is 37.6 Å². The summed E-state index contributed by atoms with van der Waals surface area (Å²) < 4.78 is 33.2. The van der Waals surface area contributed by atoms with Crippen LogP contribution in [0.5, 0.6) is 0 Å². The highest BCUT2D eigenvalue weighted by Gasteiger charge is 2.32. The molecule has 9 heteroatoms. The molecule has 1 aromatic carbocycles. The molecule has 0 N–H and O–H groups in total. The summed E-state index contributed by atoms with van der Waals surface area (Å²) in [6.07, 6.45) is 0.535. The van der Waals surface area contributed by atoms with Crippen molar-refractivity contribution in [3.8, 4) is 6.07 Å². The van der Waals surface area contributed by atoms with Crippen LogP contribution in [0.15, 0.2) is 29.2 Å². The Morgan fingerprint density at radius 2 is 1.96 bits per heavy atom. The summed E-state index contributed by atoms with van der Waals surface area (Å²) in [6, 6.07) is 8.13. The van der Waals surface area contributed by atoms with Gasteiger partial charge < -0.3 is 9.64 Å². The molecule has 0 saturated carbocycles. The van der Waals surface area contributed by atoms with Crippen molar-refractivity contribution in [3.05, 3.63) is 46.9 Å². The molecule has 2 aliphatic rings. The number of nitriles is 1. The van der Waals surface area contributed by atoms with Crippen LogP contribution in [0.3, 0.4) is 0 Å². The Bertz CT molecular complexity index is 1040. The standard InChI is InChI=1S/C19H21N5O3S/c1-14-21-18-5-6-24(28(25,26)16-4-2-3-15(11-16)12-20)13-17(18)19(22-14)23-7-9-27-10-8-23/h2-4,11H,5-10,13H2,1H3. The third-order valence-electron chi connectivity index (χ3n) is 5.03. The highest BCUT2D eigenvalue weighted by Crippen LogP contribution is 2.30. The number of nitrogens with zero attached hydrogens (tertiary/aromatic N) is 5. The number of aryl methyl sites for hydroxylation is 1. The summed E-state index contributed by atoms with van der Waals surface area (Å²) in [6.45, 7) is 5.13. The van der Waals surface area contributed by atoms with Crippen molar-refractivity contribution >= 4 is 15.8 Å². The Kier molecular flexibility index (Phi) is 5.02. The van der Waals surface area contributed by atoms with Gasteiger partial charge in [0, 0.05) is 38.2 Å². The lowest BCUT2D eigenvalue weighted by Gasteiger charge is -2.34. The highest BCUT2D eigenvalue weighted by molar-refractivity contribution is 7.89. The third kappa shape index (κ3) is 3.46. The number of aromatic nitrogens is 2. The molecule has 1 saturated heterocycles. The van der Waals surface area contributed by atoms with Gasteiger partial charge in [-0.25, -0.2) is 18.4 Å². The van der Waals surface area contributed by atoms with Crippen LogP contribution >= 0.6 is 0 Å². The summed E-state index contributed by atoms with van der Waals surface area (Å²) in [5.74, 6) is 1.50. The smallest absolute Gasteiger partial charge is 0.243 e. The first-order chi connectivity index (χ1) is 13.5. The molecule has 1 fully saturated rings. The van der Waals surface area contributed by atoms with Crippen molar-refractivity contribution in [3.63, 3.8) is 0 Å². The average Bonchev–Trinajstić information content (AvgIpc) is 2.73. The number of fused-ring (bicyclic) bond motifs is 1. The molecule has 0 spiro atoms. The Morgan fingerprint density at radius 3 is 2.71 bits per heavy atom. The van der Waals surface area contributed by atoms with Crippen molar-refractivity contribution in [2.75, 3.05) is 37.7 Å². The quantitative estimate of drug-likeness (QED) is 0.765. The maximum atomic E-state index is 13.2. The van der Waals surface area contributed by atoms with Crippen molar-refractivity contribution in [2.45, 2.75) is 24.8 Å². The van der Waals surface area contributed by atoms with Gasteiger partial charge in [-0.15, -0.1) is 0 Å². The Morgan fingerprint density at radius 1 is 1.18 bits per heavy atom. The number of anilines is 1. The number of rotatable bonds is 3. The normalized spacial score (nSPS) is 17.8. The number of ether oxygens (including phenoxy) is 1. The maximum absolute atomic E-state index is 13.2. The van der Waals surface area contributed by atoms with Crippen LogP contribution in [0.2, 0.25) is 0 Å². The molecule has 0 unspecified atom stereocenters. The molecule has 1 aromatic heterocycles. The summed E-state index contributed by atoms with van der Waals surface area (Å²) in [5.41, 5.74) is 2.09. The summed E-state index contributed by atoms with van der Waals surface area (Å²) in [5, 5.41) is 9.08. The van der Waals surface area contributed by atoms with Crippen LogP contribution < -0.4 is 4.90 Å². The van der Waals surface area contributed by atoms with Crippen LogP contribution in [0.1, 0.15) is 22.6 Å². The number of hydrogen-bond donors (Lipinski definition) is 0. The van der Waals surface area contributed by atoms with Gasteiger partial charge in [0.05, 0.1) is 35.4 Å². The fourth-order valence-electron chi connectivity index (χ4n) is 3.61. The van der Waals surface area contributed by atoms with Crippen molar-refractivity contribution in [2.24, 2.45) is 0 Å². The van der Waals surface area contributed by atoms with E-state index in [9.17, 15) is 8.42 Å². The maximum Gasteiger partial charge on any atom is 0.243 e. The molecule has 0 amide bonds.